The number of amides is 1. The maximum Gasteiger partial charge on any atom is 0.416 e. The minimum atomic E-state index is -4.47. The third-order valence-corrected chi connectivity index (χ3v) is 7.70. The molecule has 8 nitrogen and oxygen atoms in total. The Morgan fingerprint density at radius 2 is 1.65 bits per heavy atom. The standard InChI is InChI=1S/C25H19F3N4O4S/c26-25(27,28)19-11-7-18(8-12-19)23-30-31-24(36-23)29-22(33)17-9-13-20(14-10-17)37(34,35)32-15-3-5-16-4-1-2-6-21(16)32/h1-2,4,6-14H,3,5,15H2,(H,29,31,33). The molecule has 1 aliphatic heterocycles. The Hall–Kier alpha value is -4.19. The molecule has 0 saturated carbocycles. The van der Waals surface area contributed by atoms with E-state index in [4.69, 9.17) is 4.42 Å². The minimum absolute atomic E-state index is 0.0446. The van der Waals surface area contributed by atoms with E-state index in [-0.39, 0.29) is 27.9 Å². The number of rotatable bonds is 5. The lowest BCUT2D eigenvalue weighted by Gasteiger charge is -2.30. The van der Waals surface area contributed by atoms with Gasteiger partial charge in [0.05, 0.1) is 16.1 Å². The van der Waals surface area contributed by atoms with Gasteiger partial charge in [-0.25, -0.2) is 8.42 Å². The summed E-state index contributed by atoms with van der Waals surface area (Å²) in [6, 6.07) is 16.7. The van der Waals surface area contributed by atoms with E-state index in [1.54, 1.807) is 12.1 Å². The van der Waals surface area contributed by atoms with Crippen LogP contribution in [0.5, 0.6) is 0 Å². The molecule has 1 N–H and O–H groups in total. The van der Waals surface area contributed by atoms with Crippen LogP contribution in [0, 0.1) is 0 Å². The number of hydrogen-bond acceptors (Lipinski definition) is 6. The first-order valence-electron chi connectivity index (χ1n) is 11.2. The number of aromatic nitrogens is 2. The molecule has 0 saturated heterocycles. The van der Waals surface area contributed by atoms with Crippen molar-refractivity contribution in [2.75, 3.05) is 16.2 Å². The van der Waals surface area contributed by atoms with Gasteiger partial charge >= 0.3 is 12.2 Å². The number of benzene rings is 3. The second-order valence-electron chi connectivity index (χ2n) is 8.28. The summed E-state index contributed by atoms with van der Waals surface area (Å²) in [5.41, 5.74) is 1.18. The first kappa shape index (κ1) is 24.5. The molecule has 12 heteroatoms. The molecule has 1 aliphatic rings. The minimum Gasteiger partial charge on any atom is -0.403 e. The smallest absolute Gasteiger partial charge is 0.403 e. The lowest BCUT2D eigenvalue weighted by molar-refractivity contribution is -0.137. The number of carbonyl (C=O) groups is 1. The van der Waals surface area contributed by atoms with E-state index in [1.807, 2.05) is 12.1 Å². The summed E-state index contributed by atoms with van der Waals surface area (Å²) >= 11 is 0. The summed E-state index contributed by atoms with van der Waals surface area (Å²) in [6.45, 7) is 0.361. The van der Waals surface area contributed by atoms with Crippen LogP contribution in [-0.2, 0) is 22.6 Å². The highest BCUT2D eigenvalue weighted by molar-refractivity contribution is 7.92. The zero-order valence-electron chi connectivity index (χ0n) is 19.1. The van der Waals surface area contributed by atoms with Crippen molar-refractivity contribution in [1.29, 1.82) is 0 Å². The molecule has 0 bridgehead atoms. The molecular formula is C25H19F3N4O4S. The van der Waals surface area contributed by atoms with Gasteiger partial charge in [0, 0.05) is 17.7 Å². The predicted octanol–water partition coefficient (Wildman–Crippen LogP) is 5.15. The normalized spacial score (nSPS) is 13.8. The van der Waals surface area contributed by atoms with Gasteiger partial charge in [-0.1, -0.05) is 23.3 Å². The number of hydrogen-bond donors (Lipinski definition) is 1. The number of anilines is 2. The van der Waals surface area contributed by atoms with Crippen LogP contribution in [0.15, 0.2) is 82.1 Å². The number of nitrogens with one attached hydrogen (secondary N) is 1. The van der Waals surface area contributed by atoms with Gasteiger partial charge in [-0.3, -0.25) is 14.4 Å². The summed E-state index contributed by atoms with van der Waals surface area (Å²) in [4.78, 5) is 12.7. The lowest BCUT2D eigenvalue weighted by Crippen LogP contribution is -2.35. The van der Waals surface area contributed by atoms with Crippen molar-refractivity contribution < 1.29 is 30.8 Å². The number of nitrogens with zero attached hydrogens (tertiary/aromatic N) is 3. The van der Waals surface area contributed by atoms with Gasteiger partial charge in [-0.2, -0.15) is 13.2 Å². The van der Waals surface area contributed by atoms with E-state index in [0.717, 1.165) is 24.1 Å². The van der Waals surface area contributed by atoms with Crippen LogP contribution in [0.3, 0.4) is 0 Å². The molecule has 0 aliphatic carbocycles. The Kier molecular flexibility index (Phi) is 6.20. The topological polar surface area (TPSA) is 105 Å². The highest BCUT2D eigenvalue weighted by Crippen LogP contribution is 2.32. The molecule has 37 heavy (non-hydrogen) atoms. The average molecular weight is 529 g/mol. The molecule has 0 atom stereocenters. The number of halogens is 3. The van der Waals surface area contributed by atoms with Crippen LogP contribution in [-0.4, -0.2) is 31.1 Å². The zero-order valence-corrected chi connectivity index (χ0v) is 19.9. The monoisotopic (exact) mass is 528 g/mol. The number of carbonyl (C=O) groups excluding carboxylic acids is 1. The van der Waals surface area contributed by atoms with E-state index >= 15 is 0 Å². The van der Waals surface area contributed by atoms with E-state index in [0.29, 0.717) is 18.7 Å². The Labute approximate surface area is 209 Å². The highest BCUT2D eigenvalue weighted by Gasteiger charge is 2.31. The summed E-state index contributed by atoms with van der Waals surface area (Å²) in [7, 11) is -3.83. The molecule has 190 valence electrons. The van der Waals surface area contributed by atoms with E-state index in [1.165, 1.54) is 40.7 Å². The molecule has 4 aromatic rings. The number of para-hydroxylation sites is 1. The Morgan fingerprint density at radius 1 is 0.946 bits per heavy atom. The molecule has 0 radical (unpaired) electrons. The molecule has 2 heterocycles. The highest BCUT2D eigenvalue weighted by atomic mass is 32.2. The number of aryl methyl sites for hydroxylation is 1. The van der Waals surface area contributed by atoms with Crippen molar-refractivity contribution in [3.8, 4) is 11.5 Å². The first-order chi connectivity index (χ1) is 17.6. The number of fused-ring (bicyclic) bond motifs is 1. The largest absolute Gasteiger partial charge is 0.416 e. The van der Waals surface area contributed by atoms with Gasteiger partial charge in [-0.05, 0) is 73.0 Å². The quantitative estimate of drug-likeness (QED) is 0.384. The summed E-state index contributed by atoms with van der Waals surface area (Å²) in [6.07, 6.45) is -2.97. The Morgan fingerprint density at radius 3 is 2.35 bits per heavy atom. The van der Waals surface area contributed by atoms with Gasteiger partial charge in [0.15, 0.2) is 0 Å². The van der Waals surface area contributed by atoms with Crippen LogP contribution < -0.4 is 9.62 Å². The van der Waals surface area contributed by atoms with Crippen LogP contribution in [0.2, 0.25) is 0 Å². The van der Waals surface area contributed by atoms with E-state index in [9.17, 15) is 26.4 Å². The van der Waals surface area contributed by atoms with Crippen LogP contribution in [0.1, 0.15) is 27.9 Å². The van der Waals surface area contributed by atoms with Crippen LogP contribution in [0.4, 0.5) is 24.9 Å². The second-order valence-corrected chi connectivity index (χ2v) is 10.1. The maximum atomic E-state index is 13.3. The fraction of sp³-hybridized carbons (Fsp3) is 0.160. The van der Waals surface area contributed by atoms with Crippen LogP contribution >= 0.6 is 0 Å². The van der Waals surface area contributed by atoms with Crippen LogP contribution in [0.25, 0.3) is 11.5 Å². The van der Waals surface area contributed by atoms with Gasteiger partial charge in [0.2, 0.25) is 5.89 Å². The Balaban J connectivity index is 1.29. The number of sulfonamides is 1. The molecule has 5 rings (SSSR count). The third kappa shape index (κ3) is 4.92. The fourth-order valence-corrected chi connectivity index (χ4v) is 5.56. The summed E-state index contributed by atoms with van der Waals surface area (Å²) in [5, 5.41) is 9.84. The third-order valence-electron chi connectivity index (χ3n) is 5.88. The molecule has 3 aromatic carbocycles. The number of alkyl halides is 3. The van der Waals surface area contributed by atoms with Gasteiger partial charge in [-0.15, -0.1) is 5.10 Å². The van der Waals surface area contributed by atoms with Crippen molar-refractivity contribution in [3.63, 3.8) is 0 Å². The van der Waals surface area contributed by atoms with Crippen molar-refractivity contribution in [3.05, 3.63) is 89.5 Å². The van der Waals surface area contributed by atoms with E-state index < -0.39 is 27.7 Å². The van der Waals surface area contributed by atoms with Crippen molar-refractivity contribution >= 4 is 27.6 Å². The summed E-state index contributed by atoms with van der Waals surface area (Å²) < 4.78 is 71.5. The molecule has 1 amide bonds. The van der Waals surface area contributed by atoms with Gasteiger partial charge in [0.25, 0.3) is 15.9 Å². The predicted molar refractivity (Wildman–Crippen MR) is 128 cm³/mol. The molecule has 0 unspecified atom stereocenters. The van der Waals surface area contributed by atoms with Crippen molar-refractivity contribution in [2.45, 2.75) is 23.9 Å². The Bertz CT molecular complexity index is 1550. The second kappa shape index (κ2) is 9.36. The van der Waals surface area contributed by atoms with Crippen molar-refractivity contribution in [1.82, 2.24) is 10.2 Å². The molecule has 0 fully saturated rings. The molecule has 1 aromatic heterocycles. The SMILES string of the molecule is O=C(Nc1nnc(-c2ccc(C(F)(F)F)cc2)o1)c1ccc(S(=O)(=O)N2CCCc3ccccc32)cc1. The molecule has 0 spiro atoms. The van der Waals surface area contributed by atoms with Gasteiger partial charge in [0.1, 0.15) is 0 Å². The van der Waals surface area contributed by atoms with Crippen molar-refractivity contribution in [2.24, 2.45) is 0 Å². The van der Waals surface area contributed by atoms with E-state index in [2.05, 4.69) is 15.5 Å². The summed E-state index contributed by atoms with van der Waals surface area (Å²) in [5.74, 6) is -0.706. The maximum absolute atomic E-state index is 13.3. The fourth-order valence-electron chi connectivity index (χ4n) is 4.02. The first-order valence-corrected chi connectivity index (χ1v) is 12.6. The average Bonchev–Trinajstić information content (AvgIpc) is 3.36. The zero-order chi connectivity index (χ0) is 26.2. The van der Waals surface area contributed by atoms with Gasteiger partial charge < -0.3 is 4.42 Å². The molecular weight excluding hydrogens is 509 g/mol. The lowest BCUT2D eigenvalue weighted by atomic mass is 10.0.